The van der Waals surface area contributed by atoms with Crippen molar-refractivity contribution in [2.24, 2.45) is 5.84 Å². The third-order valence-electron chi connectivity index (χ3n) is 2.87. The summed E-state index contributed by atoms with van der Waals surface area (Å²) < 4.78 is 17.9. The molecule has 4 nitrogen and oxygen atoms in total. The third kappa shape index (κ3) is 2.80. The van der Waals surface area contributed by atoms with Gasteiger partial charge >= 0.3 is 0 Å². The Bertz CT molecular complexity index is 562. The quantitative estimate of drug-likeness (QED) is 0.670. The van der Waals surface area contributed by atoms with Crippen molar-refractivity contribution in [3.8, 4) is 0 Å². The highest BCUT2D eigenvalue weighted by Crippen LogP contribution is 2.33. The first-order valence-electron chi connectivity index (χ1n) is 5.98. The molecule has 1 unspecified atom stereocenters. The number of nitrogens with one attached hydrogen (secondary N) is 1. The van der Waals surface area contributed by atoms with E-state index in [9.17, 15) is 4.39 Å². The molecule has 0 bridgehead atoms. The molecule has 1 heterocycles. The van der Waals surface area contributed by atoms with Crippen molar-refractivity contribution in [3.63, 3.8) is 0 Å². The van der Waals surface area contributed by atoms with Gasteiger partial charge in [0.25, 0.3) is 0 Å². The van der Waals surface area contributed by atoms with Crippen LogP contribution in [0.25, 0.3) is 0 Å². The number of hydrogen-bond donors (Lipinski definition) is 2. The molecular weight excluding hydrogens is 263 g/mol. The van der Waals surface area contributed by atoms with Crippen LogP contribution in [0.4, 0.5) is 4.39 Å². The molecule has 2 aromatic rings. The highest BCUT2D eigenvalue weighted by atomic mass is 32.1. The summed E-state index contributed by atoms with van der Waals surface area (Å²) in [5, 5.41) is 4.16. The van der Waals surface area contributed by atoms with Gasteiger partial charge in [-0.3, -0.25) is 5.84 Å². The maximum absolute atomic E-state index is 13.9. The van der Waals surface area contributed by atoms with E-state index in [4.69, 9.17) is 5.84 Å². The zero-order valence-corrected chi connectivity index (χ0v) is 12.0. The molecule has 0 radical (unpaired) electrons. The molecule has 1 aromatic heterocycles. The van der Waals surface area contributed by atoms with Crippen LogP contribution in [0.2, 0.25) is 0 Å². The van der Waals surface area contributed by atoms with Crippen molar-refractivity contribution in [1.29, 1.82) is 0 Å². The van der Waals surface area contributed by atoms with Gasteiger partial charge < -0.3 is 0 Å². The van der Waals surface area contributed by atoms with Gasteiger partial charge in [-0.15, -0.1) is 5.10 Å². The fourth-order valence-electron chi connectivity index (χ4n) is 1.92. The highest BCUT2D eigenvalue weighted by Gasteiger charge is 2.28. The summed E-state index contributed by atoms with van der Waals surface area (Å²) in [5.74, 6) is 5.32. The number of hydrogen-bond acceptors (Lipinski definition) is 5. The summed E-state index contributed by atoms with van der Waals surface area (Å²) in [6.45, 7) is 6.13. The Hall–Kier alpha value is -1.37. The van der Waals surface area contributed by atoms with Crippen LogP contribution < -0.4 is 11.3 Å². The minimum absolute atomic E-state index is 0.164. The van der Waals surface area contributed by atoms with E-state index < -0.39 is 6.04 Å². The Morgan fingerprint density at radius 1 is 1.32 bits per heavy atom. The molecule has 19 heavy (non-hydrogen) atoms. The van der Waals surface area contributed by atoms with Gasteiger partial charge in [0.15, 0.2) is 0 Å². The van der Waals surface area contributed by atoms with Gasteiger partial charge in [-0.05, 0) is 17.6 Å². The van der Waals surface area contributed by atoms with Crippen molar-refractivity contribution in [1.82, 2.24) is 15.0 Å². The predicted molar refractivity (Wildman–Crippen MR) is 74.2 cm³/mol. The SMILES string of the molecule is CC(C)(C)c1nnsc1C(NN)c1ccccc1F. The lowest BCUT2D eigenvalue weighted by Gasteiger charge is -2.21. The van der Waals surface area contributed by atoms with Crippen LogP contribution in [0.3, 0.4) is 0 Å². The first kappa shape index (κ1) is 14.0. The van der Waals surface area contributed by atoms with Crippen molar-refractivity contribution < 1.29 is 4.39 Å². The molecule has 0 fully saturated rings. The molecule has 0 aliphatic heterocycles. The molecule has 1 aromatic carbocycles. The molecule has 0 saturated heterocycles. The second kappa shape index (κ2) is 5.32. The Morgan fingerprint density at radius 2 is 2.00 bits per heavy atom. The Balaban J connectivity index is 2.50. The molecule has 0 aliphatic rings. The smallest absolute Gasteiger partial charge is 0.128 e. The zero-order chi connectivity index (χ0) is 14.0. The summed E-state index contributed by atoms with van der Waals surface area (Å²) in [5.41, 5.74) is 3.84. The lowest BCUT2D eigenvalue weighted by Crippen LogP contribution is -2.31. The summed E-state index contributed by atoms with van der Waals surface area (Å²) in [6, 6.07) is 6.14. The Morgan fingerprint density at radius 3 is 2.58 bits per heavy atom. The molecule has 0 aliphatic carbocycles. The van der Waals surface area contributed by atoms with E-state index in [1.54, 1.807) is 18.2 Å². The molecule has 0 amide bonds. The maximum atomic E-state index is 13.9. The van der Waals surface area contributed by atoms with Crippen molar-refractivity contribution in [2.45, 2.75) is 32.2 Å². The number of aromatic nitrogens is 2. The van der Waals surface area contributed by atoms with E-state index in [1.165, 1.54) is 17.6 Å². The van der Waals surface area contributed by atoms with E-state index in [2.05, 4.69) is 15.0 Å². The molecule has 2 rings (SSSR count). The van der Waals surface area contributed by atoms with Crippen LogP contribution in [0.1, 0.15) is 42.9 Å². The molecule has 6 heteroatoms. The number of benzene rings is 1. The number of nitrogens with two attached hydrogens (primary N) is 1. The largest absolute Gasteiger partial charge is 0.271 e. The normalized spacial score (nSPS) is 13.5. The first-order chi connectivity index (χ1) is 8.95. The summed E-state index contributed by atoms with van der Waals surface area (Å²) in [7, 11) is 0. The molecule has 102 valence electrons. The highest BCUT2D eigenvalue weighted by molar-refractivity contribution is 7.05. The monoisotopic (exact) mass is 280 g/mol. The fourth-order valence-corrected chi connectivity index (χ4v) is 2.87. The van der Waals surface area contributed by atoms with Crippen molar-refractivity contribution in [2.75, 3.05) is 0 Å². The zero-order valence-electron chi connectivity index (χ0n) is 11.1. The summed E-state index contributed by atoms with van der Waals surface area (Å²) in [6.07, 6.45) is 0. The van der Waals surface area contributed by atoms with Crippen LogP contribution in [-0.4, -0.2) is 9.59 Å². The number of halogens is 1. The lowest BCUT2D eigenvalue weighted by molar-refractivity contribution is 0.529. The summed E-state index contributed by atoms with van der Waals surface area (Å²) >= 11 is 1.24. The lowest BCUT2D eigenvalue weighted by atomic mass is 9.89. The van der Waals surface area contributed by atoms with Gasteiger partial charge in [-0.2, -0.15) is 0 Å². The Kier molecular flexibility index (Phi) is 3.93. The van der Waals surface area contributed by atoms with Crippen LogP contribution in [0.15, 0.2) is 24.3 Å². The number of hydrazine groups is 1. The molecule has 0 spiro atoms. The van der Waals surface area contributed by atoms with Crippen LogP contribution in [0, 0.1) is 5.82 Å². The number of rotatable bonds is 3. The van der Waals surface area contributed by atoms with Crippen LogP contribution >= 0.6 is 11.5 Å². The van der Waals surface area contributed by atoms with Gasteiger partial charge in [-0.25, -0.2) is 9.82 Å². The average Bonchev–Trinajstić information content (AvgIpc) is 2.81. The minimum atomic E-state index is -0.435. The summed E-state index contributed by atoms with van der Waals surface area (Å²) in [4.78, 5) is 0.847. The average molecular weight is 280 g/mol. The second-order valence-corrected chi connectivity index (χ2v) is 6.14. The van der Waals surface area contributed by atoms with Crippen LogP contribution in [0.5, 0.6) is 0 Å². The van der Waals surface area contributed by atoms with Crippen LogP contribution in [-0.2, 0) is 5.41 Å². The van der Waals surface area contributed by atoms with E-state index in [1.807, 2.05) is 20.8 Å². The predicted octanol–water partition coefficient (Wildman–Crippen LogP) is 2.53. The standard InChI is InChI=1S/C13H17FN4S/c1-13(2,3)12-11(19-18-17-12)10(16-15)8-6-4-5-7-9(8)14/h4-7,10,16H,15H2,1-3H3. The first-order valence-corrected chi connectivity index (χ1v) is 6.75. The van der Waals surface area contributed by atoms with E-state index in [0.29, 0.717) is 5.56 Å². The van der Waals surface area contributed by atoms with E-state index in [-0.39, 0.29) is 11.2 Å². The van der Waals surface area contributed by atoms with Gasteiger partial charge in [0, 0.05) is 11.0 Å². The molecule has 3 N–H and O–H groups in total. The molecule has 1 atom stereocenters. The van der Waals surface area contributed by atoms with Crippen molar-refractivity contribution >= 4 is 11.5 Å². The Labute approximate surface area is 116 Å². The van der Waals surface area contributed by atoms with E-state index in [0.717, 1.165) is 10.6 Å². The van der Waals surface area contributed by atoms with Gasteiger partial charge in [0.2, 0.25) is 0 Å². The maximum Gasteiger partial charge on any atom is 0.128 e. The molecule has 0 saturated carbocycles. The van der Waals surface area contributed by atoms with E-state index >= 15 is 0 Å². The fraction of sp³-hybridized carbons (Fsp3) is 0.385. The molecular formula is C13H17FN4S. The third-order valence-corrected chi connectivity index (χ3v) is 3.66. The van der Waals surface area contributed by atoms with Crippen molar-refractivity contribution in [3.05, 3.63) is 46.2 Å². The topological polar surface area (TPSA) is 63.8 Å². The minimum Gasteiger partial charge on any atom is -0.271 e. The second-order valence-electron chi connectivity index (χ2n) is 5.36. The number of nitrogens with zero attached hydrogens (tertiary/aromatic N) is 2. The van der Waals surface area contributed by atoms with Gasteiger partial charge in [0.05, 0.1) is 16.6 Å². The van der Waals surface area contributed by atoms with Gasteiger partial charge in [-0.1, -0.05) is 43.5 Å². The van der Waals surface area contributed by atoms with Gasteiger partial charge in [0.1, 0.15) is 5.82 Å².